The summed E-state index contributed by atoms with van der Waals surface area (Å²) in [5.41, 5.74) is 6.98. The highest BCUT2D eigenvalue weighted by Gasteiger charge is 2.13. The Bertz CT molecular complexity index is 702. The molecule has 0 saturated carbocycles. The van der Waals surface area contributed by atoms with Crippen molar-refractivity contribution in [3.63, 3.8) is 0 Å². The molecule has 0 unspecified atom stereocenters. The van der Waals surface area contributed by atoms with E-state index in [0.717, 1.165) is 5.56 Å². The minimum atomic E-state index is -3.53. The van der Waals surface area contributed by atoms with Crippen molar-refractivity contribution >= 4 is 27.3 Å². The molecular formula is C14H15ClN2O2S. The van der Waals surface area contributed by atoms with Gasteiger partial charge in [-0.1, -0.05) is 29.8 Å². The topological polar surface area (TPSA) is 72.2 Å². The molecule has 0 radical (unpaired) electrons. The summed E-state index contributed by atoms with van der Waals surface area (Å²) in [6, 6.07) is 13.5. The number of nitrogen functional groups attached to an aromatic ring is 1. The number of hydrogen-bond donors (Lipinski definition) is 2. The monoisotopic (exact) mass is 310 g/mol. The Hall–Kier alpha value is -1.56. The van der Waals surface area contributed by atoms with Crippen molar-refractivity contribution in [2.75, 3.05) is 12.3 Å². The summed E-state index contributed by atoms with van der Waals surface area (Å²) in [5.74, 6) is 0. The SMILES string of the molecule is Nc1cccc(S(=O)(=O)NCCc2cccc(Cl)c2)c1. The van der Waals surface area contributed by atoms with E-state index in [1.807, 2.05) is 18.2 Å². The Morgan fingerprint density at radius 3 is 2.55 bits per heavy atom. The van der Waals surface area contributed by atoms with Crippen LogP contribution in [0.2, 0.25) is 5.02 Å². The van der Waals surface area contributed by atoms with Gasteiger partial charge in [0.05, 0.1) is 4.90 Å². The van der Waals surface area contributed by atoms with Crippen LogP contribution in [0, 0.1) is 0 Å². The van der Waals surface area contributed by atoms with Crippen LogP contribution in [0.25, 0.3) is 0 Å². The Labute approximate surface area is 123 Å². The molecule has 0 spiro atoms. The molecule has 0 aliphatic carbocycles. The lowest BCUT2D eigenvalue weighted by Crippen LogP contribution is -2.26. The predicted octanol–water partition coefficient (Wildman–Crippen LogP) is 2.44. The van der Waals surface area contributed by atoms with Crippen LogP contribution in [0.1, 0.15) is 5.56 Å². The third kappa shape index (κ3) is 3.96. The molecule has 0 fully saturated rings. The smallest absolute Gasteiger partial charge is 0.240 e. The van der Waals surface area contributed by atoms with E-state index in [4.69, 9.17) is 17.3 Å². The first-order chi connectivity index (χ1) is 9.47. The van der Waals surface area contributed by atoms with E-state index in [1.54, 1.807) is 18.2 Å². The number of nitrogens with two attached hydrogens (primary N) is 1. The molecule has 2 aromatic rings. The fraction of sp³-hybridized carbons (Fsp3) is 0.143. The van der Waals surface area contributed by atoms with Gasteiger partial charge in [0.2, 0.25) is 10.0 Å². The molecule has 0 amide bonds. The molecule has 20 heavy (non-hydrogen) atoms. The first-order valence-electron chi connectivity index (χ1n) is 6.07. The maximum atomic E-state index is 12.0. The first kappa shape index (κ1) is 14.8. The lowest BCUT2D eigenvalue weighted by atomic mass is 10.2. The molecule has 2 aromatic carbocycles. The second kappa shape index (κ2) is 6.26. The Kier molecular flexibility index (Phi) is 4.65. The largest absolute Gasteiger partial charge is 0.399 e. The van der Waals surface area contributed by atoms with E-state index in [2.05, 4.69) is 4.72 Å². The van der Waals surface area contributed by atoms with Crippen LogP contribution in [0.5, 0.6) is 0 Å². The molecule has 0 saturated heterocycles. The third-order valence-corrected chi connectivity index (χ3v) is 4.46. The molecule has 0 atom stereocenters. The highest BCUT2D eigenvalue weighted by atomic mass is 35.5. The van der Waals surface area contributed by atoms with Crippen LogP contribution < -0.4 is 10.5 Å². The van der Waals surface area contributed by atoms with Crippen LogP contribution in [0.4, 0.5) is 5.69 Å². The fourth-order valence-electron chi connectivity index (χ4n) is 1.79. The molecule has 0 bridgehead atoms. The van der Waals surface area contributed by atoms with Gasteiger partial charge in [0.15, 0.2) is 0 Å². The van der Waals surface area contributed by atoms with Gasteiger partial charge < -0.3 is 5.73 Å². The Balaban J connectivity index is 2.00. The molecule has 4 nitrogen and oxygen atoms in total. The molecule has 0 aromatic heterocycles. The molecule has 106 valence electrons. The first-order valence-corrected chi connectivity index (χ1v) is 7.93. The van der Waals surface area contributed by atoms with Crippen molar-refractivity contribution in [1.29, 1.82) is 0 Å². The van der Waals surface area contributed by atoms with Crippen molar-refractivity contribution in [3.05, 3.63) is 59.1 Å². The van der Waals surface area contributed by atoms with Gasteiger partial charge in [-0.2, -0.15) is 0 Å². The average molecular weight is 311 g/mol. The average Bonchev–Trinajstić information content (AvgIpc) is 2.38. The van der Waals surface area contributed by atoms with Crippen LogP contribution >= 0.6 is 11.6 Å². The minimum Gasteiger partial charge on any atom is -0.399 e. The second-order valence-corrected chi connectivity index (χ2v) is 6.55. The molecule has 3 N–H and O–H groups in total. The summed E-state index contributed by atoms with van der Waals surface area (Å²) in [4.78, 5) is 0.170. The van der Waals surface area contributed by atoms with Gasteiger partial charge in [-0.3, -0.25) is 0 Å². The number of anilines is 1. The van der Waals surface area contributed by atoms with Crippen molar-refractivity contribution in [1.82, 2.24) is 4.72 Å². The highest BCUT2D eigenvalue weighted by Crippen LogP contribution is 2.13. The van der Waals surface area contributed by atoms with E-state index < -0.39 is 10.0 Å². The van der Waals surface area contributed by atoms with Crippen molar-refractivity contribution < 1.29 is 8.42 Å². The van der Waals surface area contributed by atoms with Crippen molar-refractivity contribution in [3.8, 4) is 0 Å². The molecule has 0 aliphatic rings. The quantitative estimate of drug-likeness (QED) is 0.833. The third-order valence-electron chi connectivity index (χ3n) is 2.76. The second-order valence-electron chi connectivity index (χ2n) is 4.35. The number of nitrogens with one attached hydrogen (secondary N) is 1. The number of hydrogen-bond acceptors (Lipinski definition) is 3. The Morgan fingerprint density at radius 1 is 1.10 bits per heavy atom. The number of sulfonamides is 1. The van der Waals surface area contributed by atoms with E-state index in [1.165, 1.54) is 12.1 Å². The minimum absolute atomic E-state index is 0.170. The van der Waals surface area contributed by atoms with E-state index in [-0.39, 0.29) is 4.90 Å². The lowest BCUT2D eigenvalue weighted by molar-refractivity contribution is 0.581. The molecule has 2 rings (SSSR count). The van der Waals surface area contributed by atoms with Crippen LogP contribution in [-0.4, -0.2) is 15.0 Å². The summed E-state index contributed by atoms with van der Waals surface area (Å²) in [5, 5.41) is 0.640. The maximum absolute atomic E-state index is 12.0. The summed E-state index contributed by atoms with van der Waals surface area (Å²) < 4.78 is 26.6. The van der Waals surface area contributed by atoms with Gasteiger partial charge in [0.1, 0.15) is 0 Å². The van der Waals surface area contributed by atoms with Crippen molar-refractivity contribution in [2.45, 2.75) is 11.3 Å². The molecule has 0 aliphatic heterocycles. The highest BCUT2D eigenvalue weighted by molar-refractivity contribution is 7.89. The normalized spacial score (nSPS) is 11.4. The van der Waals surface area contributed by atoms with Gasteiger partial charge in [0.25, 0.3) is 0 Å². The van der Waals surface area contributed by atoms with Gasteiger partial charge in [-0.15, -0.1) is 0 Å². The lowest BCUT2D eigenvalue weighted by Gasteiger charge is -2.07. The van der Waals surface area contributed by atoms with Crippen LogP contribution in [0.15, 0.2) is 53.4 Å². The van der Waals surface area contributed by atoms with Crippen LogP contribution in [-0.2, 0) is 16.4 Å². The number of benzene rings is 2. The van der Waals surface area contributed by atoms with Crippen molar-refractivity contribution in [2.24, 2.45) is 0 Å². The van der Waals surface area contributed by atoms with Gasteiger partial charge in [-0.05, 0) is 42.3 Å². The zero-order valence-electron chi connectivity index (χ0n) is 10.7. The summed E-state index contributed by atoms with van der Waals surface area (Å²) >= 11 is 5.87. The fourth-order valence-corrected chi connectivity index (χ4v) is 3.09. The zero-order chi connectivity index (χ0) is 14.6. The van der Waals surface area contributed by atoms with Crippen LogP contribution in [0.3, 0.4) is 0 Å². The summed E-state index contributed by atoms with van der Waals surface area (Å²) in [7, 11) is -3.53. The number of halogens is 1. The molecular weight excluding hydrogens is 296 g/mol. The standard InChI is InChI=1S/C14H15ClN2O2S/c15-12-4-1-3-11(9-12)7-8-17-20(18,19)14-6-2-5-13(16)10-14/h1-6,9-10,17H,7-8,16H2. The molecule has 0 heterocycles. The maximum Gasteiger partial charge on any atom is 0.240 e. The van der Waals surface area contributed by atoms with Gasteiger partial charge >= 0.3 is 0 Å². The predicted molar refractivity (Wildman–Crippen MR) is 81.2 cm³/mol. The Morgan fingerprint density at radius 2 is 1.85 bits per heavy atom. The summed E-state index contributed by atoms with van der Waals surface area (Å²) in [6.07, 6.45) is 0.572. The van der Waals surface area contributed by atoms with E-state index in [9.17, 15) is 8.42 Å². The number of rotatable bonds is 5. The van der Waals surface area contributed by atoms with E-state index in [0.29, 0.717) is 23.7 Å². The summed E-state index contributed by atoms with van der Waals surface area (Å²) in [6.45, 7) is 0.303. The zero-order valence-corrected chi connectivity index (χ0v) is 12.3. The van der Waals surface area contributed by atoms with Gasteiger partial charge in [0, 0.05) is 17.3 Å². The molecule has 6 heteroatoms. The van der Waals surface area contributed by atoms with Gasteiger partial charge in [-0.25, -0.2) is 13.1 Å². The van der Waals surface area contributed by atoms with E-state index >= 15 is 0 Å².